The topological polar surface area (TPSA) is 81.4 Å². The quantitative estimate of drug-likeness (QED) is 0.604. The van der Waals surface area contributed by atoms with Crippen molar-refractivity contribution in [1.82, 2.24) is 0 Å². The summed E-state index contributed by atoms with van der Waals surface area (Å²) < 4.78 is 44.1. The Morgan fingerprint density at radius 2 is 2.20 bits per heavy atom. The monoisotopic (exact) mass is 300 g/mol. The molecule has 0 aliphatic rings. The maximum absolute atomic E-state index is 13.2. The highest BCUT2D eigenvalue weighted by molar-refractivity contribution is 7.92. The zero-order valence-corrected chi connectivity index (χ0v) is 12.0. The van der Waals surface area contributed by atoms with Crippen LogP contribution in [0.15, 0.2) is 18.2 Å². The number of sulfonamides is 1. The normalized spacial score (nSPS) is 10.8. The molecular formula is C13H17FN2O3S. The van der Waals surface area contributed by atoms with Gasteiger partial charge in [0.2, 0.25) is 10.0 Å². The van der Waals surface area contributed by atoms with E-state index in [0.29, 0.717) is 13.0 Å². The number of nitrogens with two attached hydrogens (primary N) is 1. The second kappa shape index (κ2) is 7.85. The fraction of sp³-hybridized carbons (Fsp3) is 0.385. The zero-order chi connectivity index (χ0) is 15.0. The molecule has 0 saturated heterocycles. The van der Waals surface area contributed by atoms with Gasteiger partial charge in [0.25, 0.3) is 0 Å². The molecule has 0 amide bonds. The number of ether oxygens (including phenoxy) is 1. The molecule has 0 aliphatic heterocycles. The third-order valence-electron chi connectivity index (χ3n) is 2.33. The smallest absolute Gasteiger partial charge is 0.232 e. The summed E-state index contributed by atoms with van der Waals surface area (Å²) in [7, 11) is -2.02. The number of methoxy groups -OCH3 is 1. The van der Waals surface area contributed by atoms with E-state index < -0.39 is 15.8 Å². The predicted octanol–water partition coefficient (Wildman–Crippen LogP) is 0.914. The molecule has 0 unspecified atom stereocenters. The summed E-state index contributed by atoms with van der Waals surface area (Å²) in [6.07, 6.45) is 0.372. The summed E-state index contributed by atoms with van der Waals surface area (Å²) in [5, 5.41) is 0. The van der Waals surface area contributed by atoms with Gasteiger partial charge in [-0.15, -0.1) is 0 Å². The van der Waals surface area contributed by atoms with Crippen molar-refractivity contribution in [3.63, 3.8) is 0 Å². The molecule has 5 nitrogen and oxygen atoms in total. The maximum atomic E-state index is 13.2. The average molecular weight is 300 g/mol. The van der Waals surface area contributed by atoms with E-state index in [4.69, 9.17) is 10.5 Å². The summed E-state index contributed by atoms with van der Waals surface area (Å²) in [5.74, 6) is 4.63. The zero-order valence-electron chi connectivity index (χ0n) is 11.1. The summed E-state index contributed by atoms with van der Waals surface area (Å²) in [4.78, 5) is 0. The highest BCUT2D eigenvalue weighted by Gasteiger charge is 2.12. The van der Waals surface area contributed by atoms with Crippen LogP contribution in [0.3, 0.4) is 0 Å². The third-order valence-corrected chi connectivity index (χ3v) is 3.69. The van der Waals surface area contributed by atoms with Crippen molar-refractivity contribution in [3.8, 4) is 11.8 Å². The minimum Gasteiger partial charge on any atom is -0.385 e. The van der Waals surface area contributed by atoms with Gasteiger partial charge in [0.05, 0.1) is 23.5 Å². The second-order valence-corrected chi connectivity index (χ2v) is 5.80. The van der Waals surface area contributed by atoms with Crippen molar-refractivity contribution >= 4 is 15.7 Å². The number of nitrogens with one attached hydrogen (secondary N) is 1. The molecule has 110 valence electrons. The van der Waals surface area contributed by atoms with Gasteiger partial charge in [-0.3, -0.25) is 4.72 Å². The summed E-state index contributed by atoms with van der Waals surface area (Å²) in [5.41, 5.74) is 5.75. The molecular weight excluding hydrogens is 283 g/mol. The van der Waals surface area contributed by atoms with Gasteiger partial charge in [0, 0.05) is 13.7 Å². The lowest BCUT2D eigenvalue weighted by atomic mass is 10.2. The van der Waals surface area contributed by atoms with E-state index in [1.54, 1.807) is 0 Å². The van der Waals surface area contributed by atoms with Crippen LogP contribution >= 0.6 is 0 Å². The van der Waals surface area contributed by atoms with Crippen molar-refractivity contribution < 1.29 is 17.5 Å². The summed E-state index contributed by atoms with van der Waals surface area (Å²) in [6.45, 7) is 0.459. The predicted molar refractivity (Wildman–Crippen MR) is 76.2 cm³/mol. The highest BCUT2D eigenvalue weighted by Crippen LogP contribution is 2.17. The third kappa shape index (κ3) is 5.57. The molecule has 0 bridgehead atoms. The van der Waals surface area contributed by atoms with Crippen molar-refractivity contribution in [2.24, 2.45) is 5.73 Å². The van der Waals surface area contributed by atoms with Gasteiger partial charge in [-0.1, -0.05) is 11.8 Å². The van der Waals surface area contributed by atoms with Crippen LogP contribution in [-0.4, -0.2) is 34.4 Å². The van der Waals surface area contributed by atoms with Gasteiger partial charge in [-0.2, -0.15) is 0 Å². The maximum Gasteiger partial charge on any atom is 0.232 e. The standard InChI is InChI=1S/C13H17FN2O3S/c1-19-8-3-9-20(17,18)16-13-6-5-12(14)10-11(13)4-2-7-15/h5-6,10,16H,3,7-9,15H2,1H3. The number of benzene rings is 1. The number of halogens is 1. The first-order valence-electron chi connectivity index (χ1n) is 5.96. The van der Waals surface area contributed by atoms with Crippen LogP contribution in [-0.2, 0) is 14.8 Å². The lowest BCUT2D eigenvalue weighted by Gasteiger charge is -2.09. The SMILES string of the molecule is COCCCS(=O)(=O)Nc1ccc(F)cc1C#CCN. The Kier molecular flexibility index (Phi) is 6.45. The molecule has 1 aromatic rings. The minimum atomic E-state index is -3.52. The van der Waals surface area contributed by atoms with Crippen molar-refractivity contribution in [2.75, 3.05) is 30.7 Å². The van der Waals surface area contributed by atoms with Crippen LogP contribution in [0.5, 0.6) is 0 Å². The van der Waals surface area contributed by atoms with E-state index in [1.807, 2.05) is 0 Å². The van der Waals surface area contributed by atoms with Gasteiger partial charge in [-0.05, 0) is 24.6 Å². The number of hydrogen-bond donors (Lipinski definition) is 2. The number of anilines is 1. The summed E-state index contributed by atoms with van der Waals surface area (Å²) in [6, 6.07) is 3.67. The molecule has 20 heavy (non-hydrogen) atoms. The van der Waals surface area contributed by atoms with E-state index in [0.717, 1.165) is 6.07 Å². The Bertz CT molecular complexity index is 606. The molecule has 0 radical (unpaired) electrons. The van der Waals surface area contributed by atoms with Gasteiger partial charge >= 0.3 is 0 Å². The van der Waals surface area contributed by atoms with Crippen molar-refractivity contribution in [1.29, 1.82) is 0 Å². The number of hydrogen-bond acceptors (Lipinski definition) is 4. The molecule has 0 aromatic heterocycles. The minimum absolute atomic E-state index is 0.0814. The van der Waals surface area contributed by atoms with Crippen LogP contribution in [0.25, 0.3) is 0 Å². The first-order valence-corrected chi connectivity index (χ1v) is 7.61. The first-order chi connectivity index (χ1) is 9.48. The molecule has 0 aliphatic carbocycles. The molecule has 0 heterocycles. The Balaban J connectivity index is 2.91. The van der Waals surface area contributed by atoms with Crippen LogP contribution in [0.4, 0.5) is 10.1 Å². The summed E-state index contributed by atoms with van der Waals surface area (Å²) >= 11 is 0. The van der Waals surface area contributed by atoms with Crippen LogP contribution < -0.4 is 10.5 Å². The molecule has 0 spiro atoms. The lowest BCUT2D eigenvalue weighted by molar-refractivity contribution is 0.199. The van der Waals surface area contributed by atoms with E-state index in [-0.39, 0.29) is 23.5 Å². The van der Waals surface area contributed by atoms with Crippen LogP contribution in [0.1, 0.15) is 12.0 Å². The van der Waals surface area contributed by atoms with Gasteiger partial charge in [0.15, 0.2) is 0 Å². The highest BCUT2D eigenvalue weighted by atomic mass is 32.2. The fourth-order valence-electron chi connectivity index (χ4n) is 1.47. The molecule has 3 N–H and O–H groups in total. The molecule has 1 aromatic carbocycles. The van der Waals surface area contributed by atoms with Gasteiger partial charge in [-0.25, -0.2) is 12.8 Å². The Labute approximate surface area is 118 Å². The van der Waals surface area contributed by atoms with Gasteiger partial charge in [0.1, 0.15) is 5.82 Å². The van der Waals surface area contributed by atoms with E-state index in [2.05, 4.69) is 16.6 Å². The Morgan fingerprint density at radius 1 is 1.45 bits per heavy atom. The lowest BCUT2D eigenvalue weighted by Crippen LogP contribution is -2.18. The molecule has 1 rings (SSSR count). The molecule has 0 atom stereocenters. The van der Waals surface area contributed by atoms with E-state index >= 15 is 0 Å². The number of rotatable bonds is 6. The molecule has 0 fully saturated rings. The molecule has 7 heteroatoms. The first kappa shape index (κ1) is 16.4. The van der Waals surface area contributed by atoms with Crippen LogP contribution in [0, 0.1) is 17.7 Å². The van der Waals surface area contributed by atoms with E-state index in [9.17, 15) is 12.8 Å². The van der Waals surface area contributed by atoms with Gasteiger partial charge < -0.3 is 10.5 Å². The Morgan fingerprint density at radius 3 is 2.85 bits per heavy atom. The van der Waals surface area contributed by atoms with E-state index in [1.165, 1.54) is 19.2 Å². The largest absolute Gasteiger partial charge is 0.385 e. The van der Waals surface area contributed by atoms with Crippen molar-refractivity contribution in [3.05, 3.63) is 29.6 Å². The van der Waals surface area contributed by atoms with Crippen LogP contribution in [0.2, 0.25) is 0 Å². The van der Waals surface area contributed by atoms with Crippen molar-refractivity contribution in [2.45, 2.75) is 6.42 Å². The molecule has 0 saturated carbocycles. The second-order valence-electron chi connectivity index (χ2n) is 3.96. The fourth-order valence-corrected chi connectivity index (χ4v) is 2.58. The average Bonchev–Trinajstić information content (AvgIpc) is 2.39. The Hall–Kier alpha value is -1.62.